The van der Waals surface area contributed by atoms with E-state index in [1.54, 1.807) is 6.20 Å². The van der Waals surface area contributed by atoms with Crippen LogP contribution in [-0.4, -0.2) is 21.3 Å². The summed E-state index contributed by atoms with van der Waals surface area (Å²) in [6.07, 6.45) is 3.85. The van der Waals surface area contributed by atoms with Gasteiger partial charge >= 0.3 is 0 Å². The Hall–Kier alpha value is -1.88. The van der Waals surface area contributed by atoms with Crippen molar-refractivity contribution in [1.29, 1.82) is 0 Å². The lowest BCUT2D eigenvalue weighted by atomic mass is 10.3. The van der Waals surface area contributed by atoms with Crippen molar-refractivity contribution < 1.29 is 4.74 Å². The molecule has 0 aliphatic rings. The molecular formula is C16H24N4O. The fourth-order valence-electron chi connectivity index (χ4n) is 2.03. The second-order valence-electron chi connectivity index (χ2n) is 5.05. The highest BCUT2D eigenvalue weighted by Crippen LogP contribution is 2.12. The smallest absolute Gasteiger partial charge is 0.138 e. The lowest BCUT2D eigenvalue weighted by Crippen LogP contribution is -2.14. The third-order valence-corrected chi connectivity index (χ3v) is 3.31. The number of nitrogens with zero attached hydrogens (tertiary/aromatic N) is 3. The van der Waals surface area contributed by atoms with Crippen LogP contribution in [0.3, 0.4) is 0 Å². The first-order valence-corrected chi connectivity index (χ1v) is 7.53. The van der Waals surface area contributed by atoms with E-state index in [4.69, 9.17) is 4.74 Å². The Morgan fingerprint density at radius 1 is 1.24 bits per heavy atom. The Morgan fingerprint density at radius 3 is 2.71 bits per heavy atom. The van der Waals surface area contributed by atoms with Crippen LogP contribution in [0.1, 0.15) is 37.4 Å². The molecule has 0 saturated heterocycles. The van der Waals surface area contributed by atoms with Crippen LogP contribution in [-0.2, 0) is 26.6 Å². The summed E-state index contributed by atoms with van der Waals surface area (Å²) in [4.78, 5) is 4.40. The molecule has 0 spiro atoms. The van der Waals surface area contributed by atoms with Gasteiger partial charge in [-0.1, -0.05) is 13.8 Å². The van der Waals surface area contributed by atoms with Crippen LogP contribution in [0.2, 0.25) is 0 Å². The van der Waals surface area contributed by atoms with E-state index in [0.29, 0.717) is 6.61 Å². The van der Waals surface area contributed by atoms with Crippen molar-refractivity contribution in [2.75, 3.05) is 6.54 Å². The summed E-state index contributed by atoms with van der Waals surface area (Å²) in [6, 6.07) is 6.04. The fourth-order valence-corrected chi connectivity index (χ4v) is 2.03. The minimum atomic E-state index is 0.513. The standard InChI is InChI=1S/C16H24N4O/c1-4-8-17-10-14-6-7-16(11-18-14)21-12-15-9-13(5-2)19-20(15)3/h6-7,9,11,17H,4-5,8,10,12H2,1-3H3. The van der Waals surface area contributed by atoms with Crippen molar-refractivity contribution >= 4 is 0 Å². The molecule has 0 aromatic carbocycles. The highest BCUT2D eigenvalue weighted by atomic mass is 16.5. The lowest BCUT2D eigenvalue weighted by Gasteiger charge is -2.07. The van der Waals surface area contributed by atoms with Crippen LogP contribution < -0.4 is 10.1 Å². The number of aryl methyl sites for hydroxylation is 2. The van der Waals surface area contributed by atoms with Gasteiger partial charge < -0.3 is 10.1 Å². The fraction of sp³-hybridized carbons (Fsp3) is 0.500. The van der Waals surface area contributed by atoms with Gasteiger partial charge in [0.15, 0.2) is 0 Å². The largest absolute Gasteiger partial charge is 0.486 e. The summed E-state index contributed by atoms with van der Waals surface area (Å²) >= 11 is 0. The molecule has 0 unspecified atom stereocenters. The van der Waals surface area contributed by atoms with E-state index in [1.807, 2.05) is 23.9 Å². The quantitative estimate of drug-likeness (QED) is 0.758. The second-order valence-corrected chi connectivity index (χ2v) is 5.05. The van der Waals surface area contributed by atoms with Gasteiger partial charge in [0.1, 0.15) is 12.4 Å². The van der Waals surface area contributed by atoms with Crippen molar-refractivity contribution in [2.24, 2.45) is 7.05 Å². The Kier molecular flexibility index (Phi) is 5.75. The Bertz CT molecular complexity index is 548. The summed E-state index contributed by atoms with van der Waals surface area (Å²) in [5.74, 6) is 0.786. The predicted molar refractivity (Wildman–Crippen MR) is 83.2 cm³/mol. The molecule has 0 fully saturated rings. The maximum atomic E-state index is 5.77. The van der Waals surface area contributed by atoms with E-state index < -0.39 is 0 Å². The van der Waals surface area contributed by atoms with Crippen LogP contribution in [0.4, 0.5) is 0 Å². The number of aromatic nitrogens is 3. The van der Waals surface area contributed by atoms with Gasteiger partial charge in [-0.05, 0) is 37.6 Å². The molecule has 5 nitrogen and oxygen atoms in total. The molecule has 0 atom stereocenters. The molecule has 1 N–H and O–H groups in total. The molecule has 0 aliphatic carbocycles. The summed E-state index contributed by atoms with van der Waals surface area (Å²) in [5, 5.41) is 7.74. The molecule has 114 valence electrons. The van der Waals surface area contributed by atoms with Crippen molar-refractivity contribution in [2.45, 2.75) is 39.8 Å². The molecule has 2 aromatic rings. The van der Waals surface area contributed by atoms with E-state index in [0.717, 1.165) is 48.8 Å². The third-order valence-electron chi connectivity index (χ3n) is 3.31. The van der Waals surface area contributed by atoms with Gasteiger partial charge in [-0.25, -0.2) is 0 Å². The summed E-state index contributed by atoms with van der Waals surface area (Å²) in [7, 11) is 1.94. The first-order valence-electron chi connectivity index (χ1n) is 7.53. The zero-order valence-electron chi connectivity index (χ0n) is 13.1. The molecule has 0 amide bonds. The van der Waals surface area contributed by atoms with Crippen molar-refractivity contribution in [3.8, 4) is 5.75 Å². The van der Waals surface area contributed by atoms with Crippen molar-refractivity contribution in [1.82, 2.24) is 20.1 Å². The van der Waals surface area contributed by atoms with Gasteiger partial charge in [0.05, 0.1) is 23.3 Å². The summed E-state index contributed by atoms with van der Waals surface area (Å²) in [6.45, 7) is 6.58. The molecular weight excluding hydrogens is 264 g/mol. The van der Waals surface area contributed by atoms with E-state index >= 15 is 0 Å². The number of nitrogens with one attached hydrogen (secondary N) is 1. The number of pyridine rings is 1. The summed E-state index contributed by atoms with van der Waals surface area (Å²) in [5.41, 5.74) is 3.19. The summed E-state index contributed by atoms with van der Waals surface area (Å²) < 4.78 is 7.64. The monoisotopic (exact) mass is 288 g/mol. The number of rotatable bonds is 8. The highest BCUT2D eigenvalue weighted by Gasteiger charge is 2.05. The van der Waals surface area contributed by atoms with Gasteiger partial charge in [-0.15, -0.1) is 0 Å². The first-order chi connectivity index (χ1) is 10.2. The van der Waals surface area contributed by atoms with Crippen LogP contribution >= 0.6 is 0 Å². The maximum Gasteiger partial charge on any atom is 0.138 e. The normalized spacial score (nSPS) is 10.8. The molecule has 0 bridgehead atoms. The van der Waals surface area contributed by atoms with Crippen molar-refractivity contribution in [3.05, 3.63) is 41.5 Å². The van der Waals surface area contributed by atoms with E-state index in [2.05, 4.69) is 35.3 Å². The number of ether oxygens (including phenoxy) is 1. The van der Waals surface area contributed by atoms with Crippen LogP contribution in [0, 0.1) is 0 Å². The zero-order chi connectivity index (χ0) is 15.1. The minimum Gasteiger partial charge on any atom is -0.486 e. The molecule has 2 aromatic heterocycles. The molecule has 0 aliphatic heterocycles. The van der Waals surface area contributed by atoms with E-state index in [-0.39, 0.29) is 0 Å². The molecule has 0 saturated carbocycles. The molecule has 21 heavy (non-hydrogen) atoms. The SMILES string of the molecule is CCCNCc1ccc(OCc2cc(CC)nn2C)cn1. The molecule has 2 rings (SSSR count). The Labute approximate surface area is 126 Å². The van der Waals surface area contributed by atoms with E-state index in [1.165, 1.54) is 0 Å². The Morgan fingerprint density at radius 2 is 2.10 bits per heavy atom. The third kappa shape index (κ3) is 4.56. The van der Waals surface area contributed by atoms with Gasteiger partial charge in [-0.2, -0.15) is 5.10 Å². The lowest BCUT2D eigenvalue weighted by molar-refractivity contribution is 0.293. The molecule has 0 radical (unpaired) electrons. The molecule has 5 heteroatoms. The second kappa shape index (κ2) is 7.78. The first kappa shape index (κ1) is 15.5. The van der Waals surface area contributed by atoms with Crippen LogP contribution in [0.25, 0.3) is 0 Å². The topological polar surface area (TPSA) is 52.0 Å². The van der Waals surface area contributed by atoms with Crippen LogP contribution in [0.5, 0.6) is 5.75 Å². The van der Waals surface area contributed by atoms with Gasteiger partial charge in [0.25, 0.3) is 0 Å². The zero-order valence-corrected chi connectivity index (χ0v) is 13.1. The average molecular weight is 288 g/mol. The van der Waals surface area contributed by atoms with Gasteiger partial charge in [-0.3, -0.25) is 9.67 Å². The van der Waals surface area contributed by atoms with Crippen LogP contribution in [0.15, 0.2) is 24.4 Å². The number of hydrogen-bond acceptors (Lipinski definition) is 4. The highest BCUT2D eigenvalue weighted by molar-refractivity contribution is 5.20. The van der Waals surface area contributed by atoms with Gasteiger partial charge in [0, 0.05) is 13.6 Å². The maximum absolute atomic E-state index is 5.77. The minimum absolute atomic E-state index is 0.513. The predicted octanol–water partition coefficient (Wildman–Crippen LogP) is 2.46. The molecule has 2 heterocycles. The van der Waals surface area contributed by atoms with Crippen molar-refractivity contribution in [3.63, 3.8) is 0 Å². The average Bonchev–Trinajstić information content (AvgIpc) is 2.87. The van der Waals surface area contributed by atoms with Gasteiger partial charge in [0.2, 0.25) is 0 Å². The Balaban J connectivity index is 1.86. The van der Waals surface area contributed by atoms with E-state index in [9.17, 15) is 0 Å². The number of hydrogen-bond donors (Lipinski definition) is 1.